The number of benzene rings is 3. The van der Waals surface area contributed by atoms with Gasteiger partial charge in [0.2, 0.25) is 0 Å². The van der Waals surface area contributed by atoms with Crippen molar-refractivity contribution >= 4 is 28.0 Å². The molecular weight excluding hydrogens is 504 g/mol. The van der Waals surface area contributed by atoms with Crippen LogP contribution in [0.5, 0.6) is 5.88 Å². The lowest BCUT2D eigenvalue weighted by Crippen LogP contribution is -2.29. The molecule has 9 heteroatoms. The van der Waals surface area contributed by atoms with Crippen molar-refractivity contribution in [1.29, 1.82) is 0 Å². The van der Waals surface area contributed by atoms with E-state index in [0.29, 0.717) is 27.9 Å². The van der Waals surface area contributed by atoms with Crippen molar-refractivity contribution in [3.63, 3.8) is 0 Å². The van der Waals surface area contributed by atoms with E-state index >= 15 is 0 Å². The van der Waals surface area contributed by atoms with Gasteiger partial charge < -0.3 is 14.7 Å². The lowest BCUT2D eigenvalue weighted by Gasteiger charge is -2.26. The fourth-order valence-electron chi connectivity index (χ4n) is 5.33. The molecule has 1 fully saturated rings. The number of aromatic hydroxyl groups is 1. The van der Waals surface area contributed by atoms with Crippen LogP contribution in [-0.4, -0.2) is 48.3 Å². The van der Waals surface area contributed by atoms with E-state index in [1.54, 1.807) is 12.4 Å². The Labute approximate surface area is 231 Å². The Kier molecular flexibility index (Phi) is 6.88. The third-order valence-corrected chi connectivity index (χ3v) is 7.40. The Morgan fingerprint density at radius 3 is 2.48 bits per heavy atom. The summed E-state index contributed by atoms with van der Waals surface area (Å²) in [4.78, 5) is 25.9. The van der Waals surface area contributed by atoms with Crippen molar-refractivity contribution < 1.29 is 10.0 Å². The van der Waals surface area contributed by atoms with Gasteiger partial charge in [0.25, 0.3) is 5.69 Å². The molecule has 9 nitrogen and oxygen atoms in total. The third-order valence-electron chi connectivity index (χ3n) is 7.40. The van der Waals surface area contributed by atoms with Crippen LogP contribution in [0.15, 0.2) is 84.2 Å². The smallest absolute Gasteiger partial charge is 0.270 e. The molecule has 2 aromatic heterocycles. The van der Waals surface area contributed by atoms with E-state index in [4.69, 9.17) is 4.99 Å². The van der Waals surface area contributed by atoms with Gasteiger partial charge in [-0.1, -0.05) is 42.8 Å². The maximum absolute atomic E-state index is 11.5. The first kappa shape index (κ1) is 25.5. The molecule has 0 amide bonds. The molecule has 3 heterocycles. The lowest BCUT2D eigenvalue weighted by atomic mass is 9.99. The first-order valence-corrected chi connectivity index (χ1v) is 13.4. The summed E-state index contributed by atoms with van der Waals surface area (Å²) in [6.07, 6.45) is 7.48. The molecule has 0 bridgehead atoms. The fraction of sp³-hybridized carbons (Fsp3) is 0.226. The number of non-ortho nitro benzene ring substituents is 1. The zero-order chi connectivity index (χ0) is 27.6. The molecule has 0 atom stereocenters. The fourth-order valence-corrected chi connectivity index (χ4v) is 5.33. The molecule has 0 spiro atoms. The Hall–Kier alpha value is -4.76. The third kappa shape index (κ3) is 5.23. The predicted molar refractivity (Wildman–Crippen MR) is 156 cm³/mol. The van der Waals surface area contributed by atoms with Crippen LogP contribution in [0.3, 0.4) is 0 Å². The Bertz CT molecular complexity index is 1690. The van der Waals surface area contributed by atoms with Crippen LogP contribution >= 0.6 is 0 Å². The summed E-state index contributed by atoms with van der Waals surface area (Å²) in [7, 11) is 1.93. The largest absolute Gasteiger partial charge is 0.494 e. The standard InChI is InChI=1S/C31H30N6O3/c1-35-19-28(32-20-35)22-9-11-24(12-10-22)33-30(23-7-5-21(6-8-23)18-36-15-3-2-4-16-36)29-26-17-25(37(39)40)13-14-27(26)34-31(29)38/h5-14,17,19-20,34,38H,2-4,15-16,18H2,1H3. The number of likely N-dealkylation sites (tertiary alicyclic amines) is 1. The van der Waals surface area contributed by atoms with E-state index in [-0.39, 0.29) is 11.6 Å². The maximum atomic E-state index is 11.5. The number of piperidine rings is 1. The van der Waals surface area contributed by atoms with Crippen LogP contribution < -0.4 is 0 Å². The molecule has 5 aromatic rings. The van der Waals surface area contributed by atoms with Gasteiger partial charge in [-0.05, 0) is 49.7 Å². The predicted octanol–water partition coefficient (Wildman–Crippen LogP) is 6.34. The van der Waals surface area contributed by atoms with Gasteiger partial charge in [-0.3, -0.25) is 15.0 Å². The summed E-state index contributed by atoms with van der Waals surface area (Å²) < 4.78 is 1.90. The second kappa shape index (κ2) is 10.8. The van der Waals surface area contributed by atoms with E-state index < -0.39 is 4.92 Å². The van der Waals surface area contributed by atoms with Crippen molar-refractivity contribution in [1.82, 2.24) is 19.4 Å². The van der Waals surface area contributed by atoms with Crippen LogP contribution in [0, 0.1) is 10.1 Å². The number of nitrogens with one attached hydrogen (secondary N) is 1. The SMILES string of the molecule is Cn1cnc(-c2ccc(N=C(c3ccc(CN4CCCCC4)cc3)c3c(O)[nH]c4ccc([N+](=O)[O-])cc34)cc2)c1. The first-order chi connectivity index (χ1) is 19.4. The number of H-pyrrole nitrogens is 1. The summed E-state index contributed by atoms with van der Waals surface area (Å²) >= 11 is 0. The zero-order valence-corrected chi connectivity index (χ0v) is 22.2. The number of rotatable bonds is 7. The van der Waals surface area contributed by atoms with Crippen molar-refractivity contribution in [2.45, 2.75) is 25.8 Å². The van der Waals surface area contributed by atoms with Crippen LogP contribution in [0.1, 0.15) is 36.0 Å². The minimum atomic E-state index is -0.435. The van der Waals surface area contributed by atoms with Gasteiger partial charge in [0.1, 0.15) is 0 Å². The molecule has 2 N–H and O–H groups in total. The average Bonchev–Trinajstić information content (AvgIpc) is 3.55. The molecule has 1 aliphatic rings. The van der Waals surface area contributed by atoms with Crippen molar-refractivity contribution in [2.75, 3.05) is 13.1 Å². The highest BCUT2D eigenvalue weighted by Gasteiger charge is 2.21. The highest BCUT2D eigenvalue weighted by Crippen LogP contribution is 2.34. The maximum Gasteiger partial charge on any atom is 0.270 e. The Balaban J connectivity index is 1.42. The zero-order valence-electron chi connectivity index (χ0n) is 22.2. The monoisotopic (exact) mass is 534 g/mol. The highest BCUT2D eigenvalue weighted by molar-refractivity contribution is 6.22. The van der Waals surface area contributed by atoms with Gasteiger partial charge in [-0.25, -0.2) is 9.98 Å². The van der Waals surface area contributed by atoms with Gasteiger partial charge in [-0.15, -0.1) is 0 Å². The number of hydrogen-bond acceptors (Lipinski definition) is 6. The minimum Gasteiger partial charge on any atom is -0.494 e. The van der Waals surface area contributed by atoms with Crippen LogP contribution in [0.25, 0.3) is 22.2 Å². The average molecular weight is 535 g/mol. The number of aromatic amines is 1. The van der Waals surface area contributed by atoms with Gasteiger partial charge in [0, 0.05) is 54.0 Å². The quantitative estimate of drug-likeness (QED) is 0.144. The number of nitrogens with zero attached hydrogens (tertiary/aromatic N) is 5. The topological polar surface area (TPSA) is 113 Å². The number of fused-ring (bicyclic) bond motifs is 1. The summed E-state index contributed by atoms with van der Waals surface area (Å²) in [5.74, 6) is -0.0863. The molecular formula is C31H30N6O3. The van der Waals surface area contributed by atoms with Crippen molar-refractivity contribution in [3.05, 3.63) is 106 Å². The number of imidazole rings is 1. The summed E-state index contributed by atoms with van der Waals surface area (Å²) in [6, 6.07) is 20.4. The van der Waals surface area contributed by atoms with Crippen molar-refractivity contribution in [3.8, 4) is 17.1 Å². The normalized spacial score (nSPS) is 14.6. The molecule has 1 aliphatic heterocycles. The number of nitro benzene ring substituents is 1. The lowest BCUT2D eigenvalue weighted by molar-refractivity contribution is -0.384. The Morgan fingerprint density at radius 2 is 1.80 bits per heavy atom. The van der Waals surface area contributed by atoms with E-state index in [9.17, 15) is 15.2 Å². The number of hydrogen-bond donors (Lipinski definition) is 2. The Morgan fingerprint density at radius 1 is 1.05 bits per heavy atom. The molecule has 0 aliphatic carbocycles. The van der Waals surface area contributed by atoms with E-state index in [2.05, 4.69) is 27.0 Å². The van der Waals surface area contributed by atoms with Gasteiger partial charge in [0.05, 0.1) is 33.9 Å². The number of aromatic nitrogens is 3. The van der Waals surface area contributed by atoms with Crippen molar-refractivity contribution in [2.24, 2.45) is 12.0 Å². The first-order valence-electron chi connectivity index (χ1n) is 13.4. The van der Waals surface area contributed by atoms with Gasteiger partial charge in [-0.2, -0.15) is 0 Å². The molecule has 3 aromatic carbocycles. The minimum absolute atomic E-state index is 0.0521. The molecule has 40 heavy (non-hydrogen) atoms. The summed E-state index contributed by atoms with van der Waals surface area (Å²) in [5.41, 5.74) is 6.03. The second-order valence-electron chi connectivity index (χ2n) is 10.3. The summed E-state index contributed by atoms with van der Waals surface area (Å²) in [6.45, 7) is 3.13. The van der Waals surface area contributed by atoms with Gasteiger partial charge in [0.15, 0.2) is 5.88 Å². The van der Waals surface area contributed by atoms with Crippen LogP contribution in [0.4, 0.5) is 11.4 Å². The number of nitro groups is 1. The molecule has 202 valence electrons. The molecule has 6 rings (SSSR count). The second-order valence-corrected chi connectivity index (χ2v) is 10.3. The van der Waals surface area contributed by atoms with Crippen LogP contribution in [-0.2, 0) is 13.6 Å². The van der Waals surface area contributed by atoms with Crippen LogP contribution in [0.2, 0.25) is 0 Å². The number of aliphatic imine (C=N–C) groups is 1. The van der Waals surface area contributed by atoms with Gasteiger partial charge >= 0.3 is 0 Å². The highest BCUT2D eigenvalue weighted by atomic mass is 16.6. The number of aryl methyl sites for hydroxylation is 1. The molecule has 0 saturated carbocycles. The van der Waals surface area contributed by atoms with E-state index in [1.165, 1.54) is 37.0 Å². The van der Waals surface area contributed by atoms with E-state index in [0.717, 1.165) is 36.5 Å². The molecule has 0 radical (unpaired) electrons. The van der Waals surface area contributed by atoms with E-state index in [1.807, 2.05) is 54.2 Å². The molecule has 0 unspecified atom stereocenters. The summed E-state index contributed by atoms with van der Waals surface area (Å²) in [5, 5.41) is 23.1. The molecule has 1 saturated heterocycles.